The fourth-order valence-corrected chi connectivity index (χ4v) is 12.8. The van der Waals surface area contributed by atoms with E-state index in [0.29, 0.717) is 44.0 Å². The van der Waals surface area contributed by atoms with E-state index in [9.17, 15) is 4.79 Å². The first kappa shape index (κ1) is 32.4. The van der Waals surface area contributed by atoms with Gasteiger partial charge in [-0.05, 0) is 97.2 Å². The van der Waals surface area contributed by atoms with E-state index in [0.717, 1.165) is 44.9 Å². The molecule has 8 nitrogen and oxygen atoms in total. The normalized spacial score (nSPS) is 41.8. The van der Waals surface area contributed by atoms with E-state index < -0.39 is 17.4 Å². The van der Waals surface area contributed by atoms with Crippen molar-refractivity contribution in [2.75, 3.05) is 39.1 Å². The Kier molecular flexibility index (Phi) is 7.32. The van der Waals surface area contributed by atoms with Gasteiger partial charge in [0.1, 0.15) is 5.82 Å². The number of aromatic amines is 1. The van der Waals surface area contributed by atoms with E-state index in [1.807, 2.05) is 4.90 Å². The van der Waals surface area contributed by atoms with Gasteiger partial charge < -0.3 is 15.2 Å². The van der Waals surface area contributed by atoms with Gasteiger partial charge in [0.25, 0.3) is 0 Å². The largest absolute Gasteiger partial charge is 0.468 e. The van der Waals surface area contributed by atoms with Crippen molar-refractivity contribution in [3.8, 4) is 0 Å². The highest BCUT2D eigenvalue weighted by Gasteiger charge is 2.69. The number of carbonyl (C=O) groups is 2. The molecule has 0 spiro atoms. The monoisotopic (exact) mass is 634 g/mol. The highest BCUT2D eigenvalue weighted by Crippen LogP contribution is 2.75. The fraction of sp³-hybridized carbons (Fsp3) is 0.816. The van der Waals surface area contributed by atoms with Gasteiger partial charge in [0.2, 0.25) is 0 Å². The van der Waals surface area contributed by atoms with Crippen LogP contribution < -0.4 is 5.73 Å². The van der Waals surface area contributed by atoms with Crippen LogP contribution in [0.25, 0.3) is 0 Å². The number of morpholine rings is 1. The zero-order valence-electron chi connectivity index (χ0n) is 29.7. The van der Waals surface area contributed by atoms with E-state index in [-0.39, 0.29) is 38.8 Å². The molecule has 254 valence electrons. The Morgan fingerprint density at radius 3 is 2.41 bits per heavy atom. The molecule has 5 aliphatic carbocycles. The maximum absolute atomic E-state index is 15.1. The maximum atomic E-state index is 15.1. The Balaban J connectivity index is 1.31. The number of methoxy groups -OCH3 is 1. The van der Waals surface area contributed by atoms with Crippen molar-refractivity contribution >= 4 is 17.6 Å². The van der Waals surface area contributed by atoms with Gasteiger partial charge in [0.05, 0.1) is 20.3 Å². The van der Waals surface area contributed by atoms with Crippen LogP contribution in [0.1, 0.15) is 111 Å². The van der Waals surface area contributed by atoms with Crippen LogP contribution >= 0.6 is 0 Å². The van der Waals surface area contributed by atoms with Crippen molar-refractivity contribution in [3.63, 3.8) is 0 Å². The molecule has 2 heterocycles. The summed E-state index contributed by atoms with van der Waals surface area (Å²) in [6.45, 7) is 19.5. The number of H-pyrrole nitrogens is 1. The molecule has 4 fully saturated rings. The fourth-order valence-electron chi connectivity index (χ4n) is 12.8. The van der Waals surface area contributed by atoms with Gasteiger partial charge in [0.15, 0.2) is 11.8 Å². The molecule has 0 radical (unpaired) electrons. The Labute approximate surface area is 276 Å². The number of allylic oxidation sites excluding steroid dienone is 2. The number of nitrogens with two attached hydrogens (primary N) is 1. The topological polar surface area (TPSA) is 111 Å². The van der Waals surface area contributed by atoms with Crippen LogP contribution in [0.5, 0.6) is 0 Å². The summed E-state index contributed by atoms with van der Waals surface area (Å²) in [4.78, 5) is 30.6. The van der Waals surface area contributed by atoms with Gasteiger partial charge in [-0.2, -0.15) is 5.10 Å². The predicted octanol–water partition coefficient (Wildman–Crippen LogP) is 6.25. The number of hydrogen-bond donors (Lipinski definition) is 2. The summed E-state index contributed by atoms with van der Waals surface area (Å²) in [5, 5.41) is 7.84. The molecule has 4 unspecified atom stereocenters. The molecule has 1 aromatic rings. The van der Waals surface area contributed by atoms with Gasteiger partial charge in [0, 0.05) is 35.2 Å². The van der Waals surface area contributed by atoms with E-state index in [1.54, 1.807) is 0 Å². The Bertz CT molecular complexity index is 1460. The van der Waals surface area contributed by atoms with Crippen molar-refractivity contribution < 1.29 is 19.1 Å². The van der Waals surface area contributed by atoms with Gasteiger partial charge in [-0.1, -0.05) is 60.1 Å². The minimum Gasteiger partial charge on any atom is -0.468 e. The lowest BCUT2D eigenvalue weighted by atomic mass is 9.33. The molecule has 46 heavy (non-hydrogen) atoms. The van der Waals surface area contributed by atoms with E-state index >= 15 is 4.79 Å². The summed E-state index contributed by atoms with van der Waals surface area (Å²) < 4.78 is 11.0. The number of nitrogens with zero attached hydrogens (tertiary/aromatic N) is 2. The zero-order valence-corrected chi connectivity index (χ0v) is 29.7. The minimum absolute atomic E-state index is 0.0160. The highest BCUT2D eigenvalue weighted by atomic mass is 16.5. The van der Waals surface area contributed by atoms with Crippen molar-refractivity contribution in [2.24, 2.45) is 44.8 Å². The number of anilines is 1. The average molecular weight is 635 g/mol. The van der Waals surface area contributed by atoms with Crippen LogP contribution in [-0.2, 0) is 30.9 Å². The Hall–Kier alpha value is -2.19. The highest BCUT2D eigenvalue weighted by molar-refractivity contribution is 6.06. The lowest BCUT2D eigenvalue weighted by Crippen LogP contribution is -2.66. The number of carbonyl (C=O) groups excluding carboxylic acids is 2. The lowest BCUT2D eigenvalue weighted by molar-refractivity contribution is -0.173. The lowest BCUT2D eigenvalue weighted by Gasteiger charge is -2.70. The summed E-state index contributed by atoms with van der Waals surface area (Å²) in [7, 11) is 1.42. The molecule has 1 aromatic heterocycles. The summed E-state index contributed by atoms with van der Waals surface area (Å²) in [6, 6.07) is -0.858. The maximum Gasteiger partial charge on any atom is 0.330 e. The molecule has 0 amide bonds. The molecule has 8 atom stereocenters. The Morgan fingerprint density at radius 1 is 1.02 bits per heavy atom. The van der Waals surface area contributed by atoms with Gasteiger partial charge in [-0.25, -0.2) is 4.79 Å². The zero-order chi connectivity index (χ0) is 33.1. The van der Waals surface area contributed by atoms with Crippen molar-refractivity contribution in [3.05, 3.63) is 22.9 Å². The number of aromatic nitrogens is 2. The first-order chi connectivity index (χ1) is 21.6. The number of ketones is 1. The molecular weight excluding hydrogens is 576 g/mol. The van der Waals surface area contributed by atoms with Crippen molar-refractivity contribution in [2.45, 2.75) is 118 Å². The van der Waals surface area contributed by atoms with Crippen LogP contribution in [0, 0.1) is 44.8 Å². The predicted molar refractivity (Wildman–Crippen MR) is 179 cm³/mol. The van der Waals surface area contributed by atoms with Gasteiger partial charge in [-0.15, -0.1) is 0 Å². The number of esters is 1. The van der Waals surface area contributed by atoms with Crippen molar-refractivity contribution in [1.29, 1.82) is 0 Å². The van der Waals surface area contributed by atoms with Gasteiger partial charge in [-0.3, -0.25) is 14.8 Å². The molecule has 1 aliphatic heterocycles. The number of ether oxygens (including phenoxy) is 2. The smallest absolute Gasteiger partial charge is 0.330 e. The molecular formula is C38H58N4O4. The van der Waals surface area contributed by atoms with Crippen LogP contribution in [-0.4, -0.2) is 66.3 Å². The number of fused-ring (bicyclic) bond motifs is 8. The third-order valence-electron chi connectivity index (χ3n) is 15.4. The standard InChI is InChI=1S/C38H58N4O4/c1-33(2)13-15-38(30(43)28(32(44)45-8)42-17-19-46-20-18-42)16-14-36(6)24(25(38)22-33)9-10-27-35(5)21-23-29(40-41-31(23)39)34(3,4)26(35)11-12-37(27,36)7/h9,25-28H,10-22H2,1-8H3,(H3,39,40,41)/t25?,26?,27?,28?,35-,36+,37+,38-/m0/s1. The number of nitrogens with one attached hydrogen (secondary N) is 1. The molecule has 3 saturated carbocycles. The summed E-state index contributed by atoms with van der Waals surface area (Å²) in [6.07, 6.45) is 11.6. The van der Waals surface area contributed by atoms with Crippen LogP contribution in [0.4, 0.5) is 5.82 Å². The number of Topliss-reactive ketones (excluding diaryl/α,β-unsaturated/α-hetero) is 1. The van der Waals surface area contributed by atoms with E-state index in [1.165, 1.54) is 36.8 Å². The number of rotatable bonds is 4. The molecule has 3 N–H and O–H groups in total. The number of hydrogen-bond acceptors (Lipinski definition) is 7. The molecule has 6 aliphatic rings. The van der Waals surface area contributed by atoms with E-state index in [4.69, 9.17) is 15.2 Å². The molecule has 1 saturated heterocycles. The molecule has 7 rings (SSSR count). The van der Waals surface area contributed by atoms with E-state index in [2.05, 4.69) is 64.7 Å². The van der Waals surface area contributed by atoms with Crippen LogP contribution in [0.2, 0.25) is 0 Å². The van der Waals surface area contributed by atoms with Crippen molar-refractivity contribution in [1.82, 2.24) is 15.1 Å². The molecule has 0 aromatic carbocycles. The third kappa shape index (κ3) is 4.20. The van der Waals surface area contributed by atoms with Crippen LogP contribution in [0.3, 0.4) is 0 Å². The second-order valence-electron chi connectivity index (χ2n) is 18.2. The van der Waals surface area contributed by atoms with Crippen LogP contribution in [0.15, 0.2) is 11.6 Å². The summed E-state index contributed by atoms with van der Waals surface area (Å²) in [5.74, 6) is 1.54. The quantitative estimate of drug-likeness (QED) is 0.229. The second-order valence-corrected chi connectivity index (χ2v) is 18.2. The second kappa shape index (κ2) is 10.4. The first-order valence-corrected chi connectivity index (χ1v) is 18.0. The summed E-state index contributed by atoms with van der Waals surface area (Å²) >= 11 is 0. The average Bonchev–Trinajstić information content (AvgIpc) is 3.38. The Morgan fingerprint density at radius 2 is 1.72 bits per heavy atom. The molecule has 0 bridgehead atoms. The SMILES string of the molecule is COC(=O)C(C(=O)[C@]12CCC(C)(C)CC1C1=CCC3[C@@]4(C)Cc5c(N)n[nH]c5C(C)(C)C4CC[C@@]3(C)[C@]1(C)CC2)N1CCOCC1. The summed E-state index contributed by atoms with van der Waals surface area (Å²) in [5.41, 5.74) is 10.2. The third-order valence-corrected chi connectivity index (χ3v) is 15.4. The minimum atomic E-state index is -0.858. The molecule has 8 heteroatoms. The first-order valence-electron chi connectivity index (χ1n) is 18.0. The van der Waals surface area contributed by atoms with Gasteiger partial charge >= 0.3 is 5.97 Å². The number of nitrogen functional groups attached to an aromatic ring is 1.